The molecule has 1 amide bonds. The highest BCUT2D eigenvalue weighted by atomic mass is 16.5. The van der Waals surface area contributed by atoms with Crippen LogP contribution in [0.4, 0.5) is 0 Å². The van der Waals surface area contributed by atoms with Crippen molar-refractivity contribution in [3.63, 3.8) is 0 Å². The lowest BCUT2D eigenvalue weighted by molar-refractivity contribution is 0.0383. The van der Waals surface area contributed by atoms with E-state index in [1.807, 2.05) is 54.9 Å². The van der Waals surface area contributed by atoms with Gasteiger partial charge < -0.3 is 10.1 Å². The minimum atomic E-state index is -0.213. The molecule has 0 aliphatic carbocycles. The summed E-state index contributed by atoms with van der Waals surface area (Å²) in [5, 5.41) is 7.76. The largest absolute Gasteiger partial charge is 0.370 e. The molecule has 0 unspecified atom stereocenters. The predicted octanol–water partition coefficient (Wildman–Crippen LogP) is 3.59. The lowest BCUT2D eigenvalue weighted by atomic mass is 10.0. The number of carbonyl (C=O) groups is 1. The summed E-state index contributed by atoms with van der Waals surface area (Å²) in [6.07, 6.45) is 2.74. The van der Waals surface area contributed by atoms with Crippen LogP contribution in [0.3, 0.4) is 0 Å². The fourth-order valence-electron chi connectivity index (χ4n) is 3.69. The number of ether oxygens (including phenoxy) is 1. The monoisotopic (exact) mass is 375 g/mol. The molecule has 0 radical (unpaired) electrons. The zero-order chi connectivity index (χ0) is 19.5. The van der Waals surface area contributed by atoms with Crippen LogP contribution < -0.4 is 5.32 Å². The SMILES string of the molecule is Cc1ccc(C(=O)NC[C@@H]2OCCc3cn(Cc4ccccc4)nc32)c(C)c1. The maximum Gasteiger partial charge on any atom is 0.251 e. The van der Waals surface area contributed by atoms with Gasteiger partial charge in [-0.3, -0.25) is 9.48 Å². The molecule has 0 saturated heterocycles. The molecule has 0 saturated carbocycles. The van der Waals surface area contributed by atoms with Gasteiger partial charge in [0.15, 0.2) is 0 Å². The quantitative estimate of drug-likeness (QED) is 0.741. The Morgan fingerprint density at radius 1 is 1.21 bits per heavy atom. The van der Waals surface area contributed by atoms with E-state index in [0.717, 1.165) is 29.8 Å². The Balaban J connectivity index is 1.45. The molecule has 2 heterocycles. The van der Waals surface area contributed by atoms with Gasteiger partial charge in [-0.2, -0.15) is 5.10 Å². The van der Waals surface area contributed by atoms with Gasteiger partial charge in [-0.25, -0.2) is 0 Å². The van der Waals surface area contributed by atoms with Crippen LogP contribution in [0.15, 0.2) is 54.7 Å². The summed E-state index contributed by atoms with van der Waals surface area (Å²) in [6.45, 7) is 5.78. The Morgan fingerprint density at radius 2 is 2.04 bits per heavy atom. The Morgan fingerprint density at radius 3 is 2.82 bits per heavy atom. The fourth-order valence-corrected chi connectivity index (χ4v) is 3.69. The van der Waals surface area contributed by atoms with Crippen molar-refractivity contribution >= 4 is 5.91 Å². The van der Waals surface area contributed by atoms with Crippen LogP contribution in [0.5, 0.6) is 0 Å². The number of nitrogens with one attached hydrogen (secondary N) is 1. The molecule has 1 atom stereocenters. The maximum absolute atomic E-state index is 12.6. The van der Waals surface area contributed by atoms with E-state index in [1.165, 1.54) is 11.1 Å². The van der Waals surface area contributed by atoms with Crippen molar-refractivity contribution in [3.05, 3.63) is 88.2 Å². The van der Waals surface area contributed by atoms with Gasteiger partial charge in [-0.05, 0) is 43.0 Å². The standard InChI is InChI=1S/C23H25N3O2/c1-16-8-9-20(17(2)12-16)23(27)24-13-21-22-19(10-11-28-21)15-26(25-22)14-18-6-4-3-5-7-18/h3-9,12,15,21H,10-11,13-14H2,1-2H3,(H,24,27)/t21-/m0/s1. The van der Waals surface area contributed by atoms with E-state index in [4.69, 9.17) is 9.84 Å². The summed E-state index contributed by atoms with van der Waals surface area (Å²) in [7, 11) is 0. The molecule has 0 fully saturated rings. The van der Waals surface area contributed by atoms with Crippen LogP contribution in [-0.2, 0) is 17.7 Å². The summed E-state index contributed by atoms with van der Waals surface area (Å²) in [5.41, 5.74) is 6.18. The van der Waals surface area contributed by atoms with E-state index < -0.39 is 0 Å². The Kier molecular flexibility index (Phi) is 5.26. The molecule has 4 rings (SSSR count). The molecule has 144 valence electrons. The second-order valence-corrected chi connectivity index (χ2v) is 7.36. The van der Waals surface area contributed by atoms with Crippen LogP contribution in [0.2, 0.25) is 0 Å². The third-order valence-electron chi connectivity index (χ3n) is 5.13. The summed E-state index contributed by atoms with van der Waals surface area (Å²) < 4.78 is 7.88. The second kappa shape index (κ2) is 7.98. The molecular formula is C23H25N3O2. The van der Waals surface area contributed by atoms with Crippen LogP contribution >= 0.6 is 0 Å². The number of aryl methyl sites for hydroxylation is 2. The lowest BCUT2D eigenvalue weighted by Crippen LogP contribution is -2.32. The van der Waals surface area contributed by atoms with Gasteiger partial charge in [-0.1, -0.05) is 48.0 Å². The fraction of sp³-hybridized carbons (Fsp3) is 0.304. The first-order chi connectivity index (χ1) is 13.6. The molecule has 0 bridgehead atoms. The van der Waals surface area contributed by atoms with E-state index >= 15 is 0 Å². The first-order valence-corrected chi connectivity index (χ1v) is 9.67. The average Bonchev–Trinajstić information content (AvgIpc) is 3.10. The number of aromatic nitrogens is 2. The van der Waals surface area contributed by atoms with Gasteiger partial charge in [-0.15, -0.1) is 0 Å². The van der Waals surface area contributed by atoms with Crippen LogP contribution in [0.1, 0.15) is 44.4 Å². The number of hydrogen-bond donors (Lipinski definition) is 1. The molecule has 1 aliphatic heterocycles. The van der Waals surface area contributed by atoms with Crippen molar-refractivity contribution in [1.29, 1.82) is 0 Å². The van der Waals surface area contributed by atoms with Crippen molar-refractivity contribution in [2.75, 3.05) is 13.2 Å². The topological polar surface area (TPSA) is 56.1 Å². The molecule has 28 heavy (non-hydrogen) atoms. The summed E-state index contributed by atoms with van der Waals surface area (Å²) in [6, 6.07) is 16.1. The van der Waals surface area contributed by atoms with E-state index in [0.29, 0.717) is 18.7 Å². The second-order valence-electron chi connectivity index (χ2n) is 7.36. The normalized spacial score (nSPS) is 15.9. The lowest BCUT2D eigenvalue weighted by Gasteiger charge is -2.22. The first kappa shape index (κ1) is 18.4. The molecule has 0 spiro atoms. The van der Waals surface area contributed by atoms with Crippen LogP contribution in [-0.4, -0.2) is 28.8 Å². The van der Waals surface area contributed by atoms with E-state index in [9.17, 15) is 4.79 Å². The zero-order valence-electron chi connectivity index (χ0n) is 16.3. The average molecular weight is 375 g/mol. The van der Waals surface area contributed by atoms with E-state index in [2.05, 4.69) is 23.6 Å². The first-order valence-electron chi connectivity index (χ1n) is 9.67. The molecule has 5 nitrogen and oxygen atoms in total. The maximum atomic E-state index is 12.6. The number of hydrogen-bond acceptors (Lipinski definition) is 3. The van der Waals surface area contributed by atoms with Crippen LogP contribution in [0, 0.1) is 13.8 Å². The van der Waals surface area contributed by atoms with Crippen LogP contribution in [0.25, 0.3) is 0 Å². The van der Waals surface area contributed by atoms with Crippen molar-refractivity contribution in [3.8, 4) is 0 Å². The number of benzene rings is 2. The molecule has 1 aromatic heterocycles. The molecule has 3 aromatic rings. The smallest absolute Gasteiger partial charge is 0.251 e. The number of nitrogens with zero attached hydrogens (tertiary/aromatic N) is 2. The highest BCUT2D eigenvalue weighted by Gasteiger charge is 2.25. The van der Waals surface area contributed by atoms with Gasteiger partial charge in [0.2, 0.25) is 0 Å². The Labute approximate surface area is 165 Å². The zero-order valence-corrected chi connectivity index (χ0v) is 16.3. The van der Waals surface area contributed by atoms with Crippen molar-refractivity contribution in [2.45, 2.75) is 32.9 Å². The molecule has 1 aliphatic rings. The third kappa shape index (κ3) is 3.99. The van der Waals surface area contributed by atoms with Gasteiger partial charge in [0.1, 0.15) is 6.10 Å². The number of carbonyl (C=O) groups excluding carboxylic acids is 1. The summed E-state index contributed by atoms with van der Waals surface area (Å²) in [4.78, 5) is 12.6. The van der Waals surface area contributed by atoms with Crippen molar-refractivity contribution < 1.29 is 9.53 Å². The Hall–Kier alpha value is -2.92. The third-order valence-corrected chi connectivity index (χ3v) is 5.13. The Bertz CT molecular complexity index is 979. The van der Waals surface area contributed by atoms with Gasteiger partial charge >= 0.3 is 0 Å². The molecule has 2 aromatic carbocycles. The van der Waals surface area contributed by atoms with E-state index in [-0.39, 0.29) is 12.0 Å². The van der Waals surface area contributed by atoms with Gasteiger partial charge in [0.25, 0.3) is 5.91 Å². The highest BCUT2D eigenvalue weighted by molar-refractivity contribution is 5.95. The van der Waals surface area contributed by atoms with Gasteiger partial charge in [0.05, 0.1) is 18.8 Å². The number of amides is 1. The van der Waals surface area contributed by atoms with E-state index in [1.54, 1.807) is 0 Å². The minimum Gasteiger partial charge on any atom is -0.370 e. The highest BCUT2D eigenvalue weighted by Crippen LogP contribution is 2.25. The van der Waals surface area contributed by atoms with Gasteiger partial charge in [0, 0.05) is 18.3 Å². The molecule has 1 N–H and O–H groups in total. The minimum absolute atomic E-state index is 0.0723. The molecule has 5 heteroatoms. The summed E-state index contributed by atoms with van der Waals surface area (Å²) in [5.74, 6) is -0.0723. The van der Waals surface area contributed by atoms with Crippen molar-refractivity contribution in [2.24, 2.45) is 0 Å². The summed E-state index contributed by atoms with van der Waals surface area (Å²) >= 11 is 0. The van der Waals surface area contributed by atoms with Crippen molar-refractivity contribution in [1.82, 2.24) is 15.1 Å². The number of fused-ring (bicyclic) bond motifs is 1. The predicted molar refractivity (Wildman–Crippen MR) is 108 cm³/mol. The molecular weight excluding hydrogens is 350 g/mol. The number of rotatable bonds is 5.